The minimum absolute atomic E-state index is 0.0223. The number of esters is 1. The Bertz CT molecular complexity index is 1030. The van der Waals surface area contributed by atoms with Crippen LogP contribution >= 0.6 is 0 Å². The van der Waals surface area contributed by atoms with Crippen LogP contribution in [0.4, 0.5) is 4.79 Å². The third-order valence-corrected chi connectivity index (χ3v) is 6.94. The molecule has 2 aliphatic carbocycles. The maximum Gasteiger partial charge on any atom is 0.407 e. The molecule has 1 aliphatic heterocycles. The second-order valence-electron chi connectivity index (χ2n) is 9.44. The third kappa shape index (κ3) is 6.35. The lowest BCUT2D eigenvalue weighted by Gasteiger charge is -2.34. The maximum absolute atomic E-state index is 12.8. The molecule has 2 aromatic rings. The molecule has 36 heavy (non-hydrogen) atoms. The molecule has 0 spiro atoms. The Morgan fingerprint density at radius 3 is 2.22 bits per heavy atom. The van der Waals surface area contributed by atoms with Crippen LogP contribution < -0.4 is 5.32 Å². The van der Waals surface area contributed by atoms with Gasteiger partial charge in [-0.3, -0.25) is 4.79 Å². The predicted octanol–water partition coefficient (Wildman–Crippen LogP) is 6.00. The number of ether oxygens (including phenoxy) is 3. The van der Waals surface area contributed by atoms with Gasteiger partial charge in [0, 0.05) is 12.0 Å². The molecule has 6 nitrogen and oxygen atoms in total. The van der Waals surface area contributed by atoms with Gasteiger partial charge in [-0.15, -0.1) is 0 Å². The Labute approximate surface area is 214 Å². The van der Waals surface area contributed by atoms with Crippen molar-refractivity contribution in [3.63, 3.8) is 0 Å². The number of methoxy groups -OCH3 is 1. The minimum Gasteiger partial charge on any atom is -0.469 e. The summed E-state index contributed by atoms with van der Waals surface area (Å²) in [6, 6.07) is 16.4. The summed E-state index contributed by atoms with van der Waals surface area (Å²) in [5.74, 6) is 0.351. The molecule has 1 heterocycles. The van der Waals surface area contributed by atoms with Gasteiger partial charge in [-0.05, 0) is 53.9 Å². The van der Waals surface area contributed by atoms with Crippen LogP contribution in [-0.4, -0.2) is 44.0 Å². The van der Waals surface area contributed by atoms with E-state index in [0.717, 1.165) is 0 Å². The van der Waals surface area contributed by atoms with Crippen molar-refractivity contribution in [1.29, 1.82) is 0 Å². The normalized spacial score (nSPS) is 22.7. The smallest absolute Gasteiger partial charge is 0.407 e. The van der Waals surface area contributed by atoms with Gasteiger partial charge in [0.1, 0.15) is 6.61 Å². The number of fused-ring (bicyclic) bond motifs is 3. The first-order valence-corrected chi connectivity index (χ1v) is 13.1. The fourth-order valence-electron chi connectivity index (χ4n) is 5.07. The molecule has 3 unspecified atom stereocenters. The fraction of sp³-hybridized carbons (Fsp3) is 0.467. The Hall–Kier alpha value is -3.12. The standard InChI is InChI=1S/C28H31NO5.C2H6/c1-32-27(30)16-21-15-19(14-20(34-21)13-12-18-10-11-18)29-28(31)33-17-26-24-8-4-2-6-22(24)23-7-3-5-9-25(23)26;1-2/h2-9,12-13,18-21,26H,10-11,14-17H2,1H3,(H,29,31);1-2H3/b13-12+;. The van der Waals surface area contributed by atoms with Crippen molar-refractivity contribution in [3.05, 3.63) is 71.8 Å². The molecule has 0 bridgehead atoms. The van der Waals surface area contributed by atoms with E-state index in [1.165, 1.54) is 42.2 Å². The predicted molar refractivity (Wildman–Crippen MR) is 140 cm³/mol. The fourth-order valence-corrected chi connectivity index (χ4v) is 5.07. The Morgan fingerprint density at radius 1 is 0.972 bits per heavy atom. The summed E-state index contributed by atoms with van der Waals surface area (Å²) in [5, 5.41) is 3.02. The quantitative estimate of drug-likeness (QED) is 0.380. The van der Waals surface area contributed by atoms with E-state index in [1.54, 1.807) is 0 Å². The van der Waals surface area contributed by atoms with Crippen LogP contribution in [0.5, 0.6) is 0 Å². The number of carbonyl (C=O) groups excluding carboxylic acids is 2. The Morgan fingerprint density at radius 2 is 1.61 bits per heavy atom. The van der Waals surface area contributed by atoms with Gasteiger partial charge in [0.15, 0.2) is 0 Å². The first kappa shape index (κ1) is 26.0. The van der Waals surface area contributed by atoms with Crippen molar-refractivity contribution in [2.75, 3.05) is 13.7 Å². The highest BCUT2D eigenvalue weighted by Gasteiger charge is 2.33. The number of nitrogens with one attached hydrogen (secondary N) is 1. The number of hydrogen-bond donors (Lipinski definition) is 1. The summed E-state index contributed by atoms with van der Waals surface area (Å²) in [5.41, 5.74) is 4.77. The summed E-state index contributed by atoms with van der Waals surface area (Å²) in [4.78, 5) is 24.6. The number of carbonyl (C=O) groups is 2. The monoisotopic (exact) mass is 491 g/mol. The van der Waals surface area contributed by atoms with Gasteiger partial charge in [0.25, 0.3) is 0 Å². The molecule has 6 heteroatoms. The number of benzene rings is 2. The van der Waals surface area contributed by atoms with Crippen molar-refractivity contribution < 1.29 is 23.8 Å². The van der Waals surface area contributed by atoms with Gasteiger partial charge in [-0.25, -0.2) is 4.79 Å². The van der Waals surface area contributed by atoms with Gasteiger partial charge >= 0.3 is 12.1 Å². The average Bonchev–Trinajstić information content (AvgIpc) is 3.68. The Balaban J connectivity index is 0.00000148. The molecule has 3 atom stereocenters. The third-order valence-electron chi connectivity index (χ3n) is 6.94. The molecular formula is C30H37NO5. The molecule has 2 aromatic carbocycles. The van der Waals surface area contributed by atoms with E-state index in [9.17, 15) is 9.59 Å². The zero-order chi connectivity index (χ0) is 25.5. The first-order valence-electron chi connectivity index (χ1n) is 13.1. The highest BCUT2D eigenvalue weighted by Crippen LogP contribution is 2.44. The van der Waals surface area contributed by atoms with E-state index in [1.807, 2.05) is 38.1 Å². The van der Waals surface area contributed by atoms with Gasteiger partial charge in [-0.2, -0.15) is 0 Å². The lowest BCUT2D eigenvalue weighted by atomic mass is 9.96. The highest BCUT2D eigenvalue weighted by molar-refractivity contribution is 5.79. The molecule has 0 aromatic heterocycles. The summed E-state index contributed by atoms with van der Waals surface area (Å²) >= 11 is 0. The summed E-state index contributed by atoms with van der Waals surface area (Å²) < 4.78 is 16.6. The van der Waals surface area contributed by atoms with Crippen molar-refractivity contribution in [1.82, 2.24) is 5.32 Å². The molecule has 1 saturated heterocycles. The second kappa shape index (κ2) is 12.2. The number of allylic oxidation sites excluding steroid dienone is 1. The van der Waals surface area contributed by atoms with Crippen molar-refractivity contribution >= 4 is 12.1 Å². The van der Waals surface area contributed by atoms with Gasteiger partial charge in [0.05, 0.1) is 25.7 Å². The summed E-state index contributed by atoms with van der Waals surface area (Å²) in [6.07, 6.45) is 7.22. The van der Waals surface area contributed by atoms with Crippen molar-refractivity contribution in [2.45, 2.75) is 70.1 Å². The molecule has 192 valence electrons. The first-order chi connectivity index (χ1) is 17.6. The van der Waals surface area contributed by atoms with Crippen LogP contribution in [0.3, 0.4) is 0 Å². The van der Waals surface area contributed by atoms with E-state index >= 15 is 0 Å². The SMILES string of the molecule is CC.COC(=O)CC1CC(NC(=O)OCC2c3ccccc3-c3ccccc32)CC(/C=C/C2CC2)O1. The highest BCUT2D eigenvalue weighted by atomic mass is 16.5. The Kier molecular flexibility index (Phi) is 8.81. The zero-order valence-corrected chi connectivity index (χ0v) is 21.4. The number of alkyl carbamates (subject to hydrolysis) is 1. The second-order valence-corrected chi connectivity index (χ2v) is 9.44. The van der Waals surface area contributed by atoms with E-state index < -0.39 is 6.09 Å². The number of hydrogen-bond acceptors (Lipinski definition) is 5. The van der Waals surface area contributed by atoms with Crippen LogP contribution in [-0.2, 0) is 19.0 Å². The van der Waals surface area contributed by atoms with E-state index in [-0.39, 0.29) is 43.2 Å². The molecule has 2 fully saturated rings. The van der Waals surface area contributed by atoms with Crippen LogP contribution in [0.25, 0.3) is 11.1 Å². The molecule has 1 amide bonds. The number of amides is 1. The molecule has 3 aliphatic rings. The van der Waals surface area contributed by atoms with Gasteiger partial charge < -0.3 is 19.5 Å². The van der Waals surface area contributed by atoms with E-state index in [2.05, 4.69) is 41.7 Å². The van der Waals surface area contributed by atoms with Gasteiger partial charge in [-0.1, -0.05) is 74.5 Å². The topological polar surface area (TPSA) is 73.9 Å². The molecule has 5 rings (SSSR count). The van der Waals surface area contributed by atoms with Crippen LogP contribution in [0.2, 0.25) is 0 Å². The maximum atomic E-state index is 12.8. The van der Waals surface area contributed by atoms with Crippen molar-refractivity contribution in [2.24, 2.45) is 5.92 Å². The van der Waals surface area contributed by atoms with Gasteiger partial charge in [0.2, 0.25) is 0 Å². The van der Waals surface area contributed by atoms with E-state index in [0.29, 0.717) is 18.8 Å². The summed E-state index contributed by atoms with van der Waals surface area (Å²) in [6.45, 7) is 4.28. The molecule has 1 saturated carbocycles. The van der Waals surface area contributed by atoms with Crippen LogP contribution in [0.1, 0.15) is 63.0 Å². The lowest BCUT2D eigenvalue weighted by molar-refractivity contribution is -0.146. The summed E-state index contributed by atoms with van der Waals surface area (Å²) in [7, 11) is 1.38. The molecular weight excluding hydrogens is 454 g/mol. The number of rotatable bonds is 7. The molecule has 0 radical (unpaired) electrons. The van der Waals surface area contributed by atoms with Crippen molar-refractivity contribution in [3.8, 4) is 11.1 Å². The molecule has 1 N–H and O–H groups in total. The minimum atomic E-state index is -0.435. The van der Waals surface area contributed by atoms with E-state index in [4.69, 9.17) is 14.2 Å². The largest absolute Gasteiger partial charge is 0.469 e. The van der Waals surface area contributed by atoms with Crippen LogP contribution in [0, 0.1) is 5.92 Å². The zero-order valence-electron chi connectivity index (χ0n) is 21.4. The van der Waals surface area contributed by atoms with Crippen LogP contribution in [0.15, 0.2) is 60.7 Å². The average molecular weight is 492 g/mol. The lowest BCUT2D eigenvalue weighted by Crippen LogP contribution is -2.45.